The molecule has 0 aromatic heterocycles. The van der Waals surface area contributed by atoms with Crippen LogP contribution in [0.15, 0.2) is 0 Å². The Morgan fingerprint density at radius 3 is 2.14 bits per heavy atom. The fraction of sp³-hybridized carbons (Fsp3) is 0. The van der Waals surface area contributed by atoms with Gasteiger partial charge in [-0.15, -0.1) is 0 Å². The molecule has 0 atom stereocenters. The van der Waals surface area contributed by atoms with E-state index in [-0.39, 0.29) is 0 Å². The van der Waals surface area contributed by atoms with Crippen LogP contribution in [0, 0.1) is 11.5 Å². The van der Waals surface area contributed by atoms with E-state index in [9.17, 15) is 0 Å². The molecule has 7 heavy (non-hydrogen) atoms. The second kappa shape index (κ2) is 1.87. The SMILES string of the molecule is C=S(=C)(N)NC#N. The Bertz CT molecular complexity index is 171. The summed E-state index contributed by atoms with van der Waals surface area (Å²) in [6.07, 6.45) is 1.64. The minimum atomic E-state index is -1.79. The van der Waals surface area contributed by atoms with Crippen LogP contribution in [-0.2, 0) is 0 Å². The molecule has 0 aliphatic rings. The standard InChI is InChI=1S/C3H7N3S/c1-7(2,5)6-3-4/h6H,1-2,5H2. The molecule has 0 amide bonds. The predicted octanol–water partition coefficient (Wildman–Crippen LogP) is -0.486. The lowest BCUT2D eigenvalue weighted by molar-refractivity contribution is 1.36. The van der Waals surface area contributed by atoms with Gasteiger partial charge in [-0.1, -0.05) is 9.58 Å². The molecule has 0 aromatic carbocycles. The van der Waals surface area contributed by atoms with Crippen LogP contribution in [0.1, 0.15) is 0 Å². The largest absolute Gasteiger partial charge is 0.273 e. The minimum absolute atomic E-state index is 1.64. The fourth-order valence-electron chi connectivity index (χ4n) is 0.0909. The quantitative estimate of drug-likeness (QED) is 0.277. The lowest BCUT2D eigenvalue weighted by Crippen LogP contribution is -2.07. The molecule has 3 nitrogen and oxygen atoms in total. The number of hydrogen-bond donors (Lipinski definition) is 2. The van der Waals surface area contributed by atoms with Crippen LogP contribution in [0.4, 0.5) is 0 Å². The van der Waals surface area contributed by atoms with E-state index in [0.29, 0.717) is 0 Å². The van der Waals surface area contributed by atoms with E-state index in [1.165, 1.54) is 0 Å². The average molecular weight is 117 g/mol. The van der Waals surface area contributed by atoms with Crippen molar-refractivity contribution in [1.82, 2.24) is 4.72 Å². The summed E-state index contributed by atoms with van der Waals surface area (Å²) < 4.78 is 2.23. The van der Waals surface area contributed by atoms with Gasteiger partial charge in [0, 0.05) is 0 Å². The highest BCUT2D eigenvalue weighted by Gasteiger charge is 1.75. The Morgan fingerprint density at radius 2 is 2.14 bits per heavy atom. The summed E-state index contributed by atoms with van der Waals surface area (Å²) in [5.41, 5.74) is 0. The number of hydrogen-bond acceptors (Lipinski definition) is 3. The van der Waals surface area contributed by atoms with Crippen molar-refractivity contribution in [2.45, 2.75) is 0 Å². The van der Waals surface area contributed by atoms with Gasteiger partial charge in [0.1, 0.15) is 0 Å². The van der Waals surface area contributed by atoms with Crippen molar-refractivity contribution in [3.8, 4) is 6.19 Å². The topological polar surface area (TPSA) is 61.8 Å². The Morgan fingerprint density at radius 1 is 1.71 bits per heavy atom. The van der Waals surface area contributed by atoms with Gasteiger partial charge >= 0.3 is 0 Å². The van der Waals surface area contributed by atoms with Crippen molar-refractivity contribution >= 4 is 21.3 Å². The molecule has 0 bridgehead atoms. The lowest BCUT2D eigenvalue weighted by Gasteiger charge is -1.99. The monoisotopic (exact) mass is 117 g/mol. The van der Waals surface area contributed by atoms with Crippen molar-refractivity contribution in [3.63, 3.8) is 0 Å². The molecule has 0 spiro atoms. The van der Waals surface area contributed by atoms with Crippen molar-refractivity contribution < 1.29 is 0 Å². The molecule has 4 heteroatoms. The van der Waals surface area contributed by atoms with Gasteiger partial charge in [0.25, 0.3) is 0 Å². The maximum absolute atomic E-state index is 7.90. The summed E-state index contributed by atoms with van der Waals surface area (Å²) in [7, 11) is -1.79. The van der Waals surface area contributed by atoms with E-state index in [0.717, 1.165) is 0 Å². The van der Waals surface area contributed by atoms with Gasteiger partial charge in [0.15, 0.2) is 6.19 Å². The molecule has 0 unspecified atom stereocenters. The predicted molar refractivity (Wildman–Crippen MR) is 34.8 cm³/mol. The fourth-order valence-corrected chi connectivity index (χ4v) is 0.273. The van der Waals surface area contributed by atoms with Gasteiger partial charge < -0.3 is 0 Å². The third-order valence-corrected chi connectivity index (χ3v) is 0.747. The van der Waals surface area contributed by atoms with Crippen LogP contribution in [0.25, 0.3) is 0 Å². The second-order valence-corrected chi connectivity index (χ2v) is 3.25. The highest BCUT2D eigenvalue weighted by atomic mass is 32.2. The maximum atomic E-state index is 7.90. The maximum Gasteiger partial charge on any atom is 0.187 e. The molecular formula is C3H7N3S. The zero-order valence-corrected chi connectivity index (χ0v) is 4.66. The summed E-state index contributed by atoms with van der Waals surface area (Å²) >= 11 is 0. The van der Waals surface area contributed by atoms with E-state index < -0.39 is 9.58 Å². The number of nitrogens with one attached hydrogen (secondary N) is 1. The molecule has 0 fully saturated rings. The van der Waals surface area contributed by atoms with E-state index in [2.05, 4.69) is 16.5 Å². The lowest BCUT2D eigenvalue weighted by atomic mass is 11.5. The zero-order valence-electron chi connectivity index (χ0n) is 3.85. The van der Waals surface area contributed by atoms with Crippen molar-refractivity contribution in [3.05, 3.63) is 0 Å². The summed E-state index contributed by atoms with van der Waals surface area (Å²) in [6, 6.07) is 0. The zero-order chi connectivity index (χ0) is 5.91. The number of rotatable bonds is 1. The number of nitriles is 1. The smallest absolute Gasteiger partial charge is 0.187 e. The molecule has 0 radical (unpaired) electrons. The van der Waals surface area contributed by atoms with Crippen LogP contribution >= 0.6 is 9.58 Å². The molecule has 0 aliphatic carbocycles. The molecule has 0 aliphatic heterocycles. The first kappa shape index (κ1) is 6.34. The summed E-state index contributed by atoms with van der Waals surface area (Å²) in [5.74, 6) is 6.75. The Balaban J connectivity index is 3.92. The first-order valence-electron chi connectivity index (χ1n) is 1.49. The van der Waals surface area contributed by atoms with Gasteiger partial charge in [-0.05, 0) is 11.7 Å². The van der Waals surface area contributed by atoms with Crippen LogP contribution < -0.4 is 9.86 Å². The minimum Gasteiger partial charge on any atom is -0.273 e. The van der Waals surface area contributed by atoms with Crippen molar-refractivity contribution in [2.75, 3.05) is 0 Å². The third-order valence-electron chi connectivity index (χ3n) is 0.249. The average Bonchev–Trinajstić information content (AvgIpc) is 1.30. The number of nitrogens with two attached hydrogens (primary N) is 1. The molecule has 0 saturated heterocycles. The van der Waals surface area contributed by atoms with Gasteiger partial charge in [0.05, 0.1) is 0 Å². The molecule has 0 rings (SSSR count). The molecule has 0 aromatic rings. The van der Waals surface area contributed by atoms with E-state index >= 15 is 0 Å². The normalized spacial score (nSPS) is 9.71. The van der Waals surface area contributed by atoms with Crippen LogP contribution in [-0.4, -0.2) is 11.7 Å². The van der Waals surface area contributed by atoms with Gasteiger partial charge in [-0.25, -0.2) is 0 Å². The van der Waals surface area contributed by atoms with Crippen LogP contribution in [0.5, 0.6) is 0 Å². The molecule has 40 valence electrons. The van der Waals surface area contributed by atoms with Gasteiger partial charge in [0.2, 0.25) is 0 Å². The molecule has 3 N–H and O–H groups in total. The summed E-state index contributed by atoms with van der Waals surface area (Å²) in [4.78, 5) is 0. The van der Waals surface area contributed by atoms with E-state index in [1.807, 2.05) is 0 Å². The molecular weight excluding hydrogens is 110 g/mol. The van der Waals surface area contributed by atoms with Crippen LogP contribution in [0.2, 0.25) is 0 Å². The Hall–Kier alpha value is -0.660. The molecule has 0 heterocycles. The van der Waals surface area contributed by atoms with Gasteiger partial charge in [-0.2, -0.15) is 5.26 Å². The van der Waals surface area contributed by atoms with E-state index in [1.54, 1.807) is 6.19 Å². The van der Waals surface area contributed by atoms with Crippen molar-refractivity contribution in [1.29, 1.82) is 5.26 Å². The first-order chi connectivity index (χ1) is 3.06. The summed E-state index contributed by atoms with van der Waals surface area (Å²) in [5, 5.41) is 13.1. The summed E-state index contributed by atoms with van der Waals surface area (Å²) in [6.45, 7) is 0. The number of nitrogens with zero attached hydrogens (tertiary/aromatic N) is 1. The van der Waals surface area contributed by atoms with Gasteiger partial charge in [-0.3, -0.25) is 9.86 Å². The Labute approximate surface area is 43.5 Å². The molecule has 0 saturated carbocycles. The van der Waals surface area contributed by atoms with Crippen molar-refractivity contribution in [2.24, 2.45) is 5.14 Å². The highest BCUT2D eigenvalue weighted by molar-refractivity contribution is 8.24. The first-order valence-corrected chi connectivity index (χ1v) is 3.53. The van der Waals surface area contributed by atoms with Crippen LogP contribution in [0.3, 0.4) is 0 Å². The Kier molecular flexibility index (Phi) is 1.69. The third kappa shape index (κ3) is 5.34. The highest BCUT2D eigenvalue weighted by Crippen LogP contribution is 1.93. The van der Waals surface area contributed by atoms with E-state index in [4.69, 9.17) is 10.4 Å². The second-order valence-electron chi connectivity index (χ2n) is 1.16.